The molecule has 0 unspecified atom stereocenters. The molecule has 2 aromatic heterocycles. The molecule has 162 valence electrons. The van der Waals surface area contributed by atoms with Gasteiger partial charge in [-0.2, -0.15) is 5.10 Å². The normalized spacial score (nSPS) is 19.6. The molecule has 2 aliphatic heterocycles. The van der Waals surface area contributed by atoms with Crippen LogP contribution >= 0.6 is 0 Å². The molecule has 5 rings (SSSR count). The first kappa shape index (κ1) is 20.0. The topological polar surface area (TPSA) is 70.2 Å². The lowest BCUT2D eigenvalue weighted by Crippen LogP contribution is -2.34. The van der Waals surface area contributed by atoms with Crippen molar-refractivity contribution >= 4 is 5.95 Å². The second kappa shape index (κ2) is 9.06. The lowest BCUT2D eigenvalue weighted by atomic mass is 9.91. The van der Waals surface area contributed by atoms with E-state index < -0.39 is 0 Å². The zero-order chi connectivity index (χ0) is 21.0. The summed E-state index contributed by atoms with van der Waals surface area (Å²) >= 11 is 0. The number of ether oxygens (including phenoxy) is 1. The van der Waals surface area contributed by atoms with Crippen LogP contribution in [0.25, 0.3) is 11.3 Å². The van der Waals surface area contributed by atoms with Gasteiger partial charge in [-0.3, -0.25) is 10.00 Å². The Balaban J connectivity index is 1.32. The Kier molecular flexibility index (Phi) is 5.84. The first-order chi connectivity index (χ1) is 15.3. The van der Waals surface area contributed by atoms with Crippen molar-refractivity contribution in [3.63, 3.8) is 0 Å². The van der Waals surface area contributed by atoms with Crippen molar-refractivity contribution < 1.29 is 4.74 Å². The highest BCUT2D eigenvalue weighted by atomic mass is 16.5. The fourth-order valence-electron chi connectivity index (χ4n) is 4.80. The maximum atomic E-state index is 5.28. The molecule has 0 aliphatic carbocycles. The smallest absolute Gasteiger partial charge is 0.225 e. The summed E-state index contributed by atoms with van der Waals surface area (Å²) < 4.78 is 5.28. The van der Waals surface area contributed by atoms with E-state index in [1.54, 1.807) is 7.11 Å². The van der Waals surface area contributed by atoms with Gasteiger partial charge in [-0.25, -0.2) is 9.97 Å². The second-order valence-electron chi connectivity index (χ2n) is 8.56. The number of aromatic amines is 1. The molecule has 2 fully saturated rings. The summed E-state index contributed by atoms with van der Waals surface area (Å²) in [4.78, 5) is 14.2. The fraction of sp³-hybridized carbons (Fsp3) is 0.458. The molecule has 3 aromatic rings. The average Bonchev–Trinajstić information content (AvgIpc) is 3.52. The number of rotatable bonds is 6. The summed E-state index contributed by atoms with van der Waals surface area (Å²) in [6, 6.07) is 10.4. The van der Waals surface area contributed by atoms with E-state index in [0.29, 0.717) is 5.92 Å². The minimum absolute atomic E-state index is 0.426. The summed E-state index contributed by atoms with van der Waals surface area (Å²) in [6.45, 7) is 5.19. The Labute approximate surface area is 183 Å². The minimum atomic E-state index is 0.426. The predicted octanol–water partition coefficient (Wildman–Crippen LogP) is 3.86. The molecule has 2 aliphatic rings. The van der Waals surface area contributed by atoms with Gasteiger partial charge >= 0.3 is 0 Å². The van der Waals surface area contributed by atoms with E-state index in [1.807, 2.05) is 30.6 Å². The first-order valence-corrected chi connectivity index (χ1v) is 11.3. The van der Waals surface area contributed by atoms with Crippen LogP contribution < -0.4 is 9.64 Å². The zero-order valence-corrected chi connectivity index (χ0v) is 18.1. The summed E-state index contributed by atoms with van der Waals surface area (Å²) in [5.74, 6) is 2.17. The van der Waals surface area contributed by atoms with E-state index in [4.69, 9.17) is 9.72 Å². The van der Waals surface area contributed by atoms with Crippen molar-refractivity contribution in [1.82, 2.24) is 25.1 Å². The molecule has 0 bridgehead atoms. The van der Waals surface area contributed by atoms with Gasteiger partial charge in [0.1, 0.15) is 5.75 Å². The Hall–Kier alpha value is -2.93. The van der Waals surface area contributed by atoms with Crippen LogP contribution in [-0.4, -0.2) is 58.4 Å². The van der Waals surface area contributed by atoms with E-state index in [1.165, 1.54) is 36.9 Å². The van der Waals surface area contributed by atoms with Crippen molar-refractivity contribution in [2.45, 2.75) is 38.1 Å². The third-order valence-electron chi connectivity index (χ3n) is 6.46. The molecular formula is C24H30N6O. The SMILES string of the molecule is COc1ccc(CN2CCC[C@H](c3[nH]ncc3-c3ccnc(N4CCCC4)n3)C2)cc1. The van der Waals surface area contributed by atoms with Gasteiger partial charge in [-0.15, -0.1) is 0 Å². The van der Waals surface area contributed by atoms with Crippen LogP contribution in [0.5, 0.6) is 5.75 Å². The van der Waals surface area contributed by atoms with Crippen LogP contribution in [-0.2, 0) is 6.54 Å². The summed E-state index contributed by atoms with van der Waals surface area (Å²) in [6.07, 6.45) is 8.59. The van der Waals surface area contributed by atoms with Gasteiger partial charge in [0.25, 0.3) is 0 Å². The average molecular weight is 419 g/mol. The number of likely N-dealkylation sites (tertiary alicyclic amines) is 1. The highest BCUT2D eigenvalue weighted by molar-refractivity contribution is 5.63. The van der Waals surface area contributed by atoms with E-state index >= 15 is 0 Å². The lowest BCUT2D eigenvalue weighted by Gasteiger charge is -2.32. The number of benzene rings is 1. The molecule has 1 N–H and O–H groups in total. The molecule has 1 aromatic carbocycles. The van der Waals surface area contributed by atoms with Crippen molar-refractivity contribution in [2.75, 3.05) is 38.2 Å². The largest absolute Gasteiger partial charge is 0.497 e. The summed E-state index contributed by atoms with van der Waals surface area (Å²) in [7, 11) is 1.71. The number of hydrogen-bond acceptors (Lipinski definition) is 6. The van der Waals surface area contributed by atoms with Crippen LogP contribution in [0.4, 0.5) is 5.95 Å². The predicted molar refractivity (Wildman–Crippen MR) is 121 cm³/mol. The second-order valence-corrected chi connectivity index (χ2v) is 8.56. The van der Waals surface area contributed by atoms with Crippen molar-refractivity contribution in [3.05, 3.63) is 54.0 Å². The van der Waals surface area contributed by atoms with E-state index in [-0.39, 0.29) is 0 Å². The summed E-state index contributed by atoms with van der Waals surface area (Å²) in [5, 5.41) is 7.69. The van der Waals surface area contributed by atoms with E-state index in [2.05, 4.69) is 37.1 Å². The number of piperidine rings is 1. The highest BCUT2D eigenvalue weighted by Crippen LogP contribution is 2.33. The van der Waals surface area contributed by atoms with Gasteiger partial charge in [0.05, 0.1) is 19.0 Å². The van der Waals surface area contributed by atoms with Crippen LogP contribution in [0.15, 0.2) is 42.7 Å². The molecule has 4 heterocycles. The molecule has 7 nitrogen and oxygen atoms in total. The van der Waals surface area contributed by atoms with Gasteiger partial charge in [-0.1, -0.05) is 12.1 Å². The number of nitrogens with one attached hydrogen (secondary N) is 1. The monoisotopic (exact) mass is 418 g/mol. The molecule has 1 atom stereocenters. The van der Waals surface area contributed by atoms with Crippen molar-refractivity contribution in [3.8, 4) is 17.0 Å². The number of nitrogens with zero attached hydrogens (tertiary/aromatic N) is 5. The summed E-state index contributed by atoms with van der Waals surface area (Å²) in [5.41, 5.74) is 4.59. The lowest BCUT2D eigenvalue weighted by molar-refractivity contribution is 0.198. The number of anilines is 1. The van der Waals surface area contributed by atoms with Gasteiger partial charge < -0.3 is 9.64 Å². The van der Waals surface area contributed by atoms with E-state index in [0.717, 1.165) is 55.7 Å². The molecular weight excluding hydrogens is 388 g/mol. The van der Waals surface area contributed by atoms with Gasteiger partial charge in [0.15, 0.2) is 0 Å². The van der Waals surface area contributed by atoms with Crippen LogP contribution in [0, 0.1) is 0 Å². The van der Waals surface area contributed by atoms with Crippen molar-refractivity contribution in [2.24, 2.45) is 0 Å². The minimum Gasteiger partial charge on any atom is -0.497 e. The first-order valence-electron chi connectivity index (χ1n) is 11.3. The number of methoxy groups -OCH3 is 1. The molecule has 0 spiro atoms. The van der Waals surface area contributed by atoms with Gasteiger partial charge in [0.2, 0.25) is 5.95 Å². The number of aromatic nitrogens is 4. The Morgan fingerprint density at radius 2 is 1.90 bits per heavy atom. The number of hydrogen-bond donors (Lipinski definition) is 1. The van der Waals surface area contributed by atoms with Crippen molar-refractivity contribution in [1.29, 1.82) is 0 Å². The molecule has 7 heteroatoms. The quantitative estimate of drug-likeness (QED) is 0.656. The Bertz CT molecular complexity index is 995. The third-order valence-corrected chi connectivity index (χ3v) is 6.46. The Morgan fingerprint density at radius 1 is 1.06 bits per heavy atom. The van der Waals surface area contributed by atoms with Crippen LogP contribution in [0.1, 0.15) is 42.9 Å². The van der Waals surface area contributed by atoms with Gasteiger partial charge in [0, 0.05) is 49.6 Å². The number of H-pyrrole nitrogens is 1. The third kappa shape index (κ3) is 4.42. The van der Waals surface area contributed by atoms with Crippen LogP contribution in [0.3, 0.4) is 0 Å². The molecule has 0 radical (unpaired) electrons. The van der Waals surface area contributed by atoms with Crippen LogP contribution in [0.2, 0.25) is 0 Å². The zero-order valence-electron chi connectivity index (χ0n) is 18.1. The maximum Gasteiger partial charge on any atom is 0.225 e. The Morgan fingerprint density at radius 3 is 2.71 bits per heavy atom. The van der Waals surface area contributed by atoms with E-state index in [9.17, 15) is 0 Å². The maximum absolute atomic E-state index is 5.28. The molecule has 0 saturated carbocycles. The molecule has 31 heavy (non-hydrogen) atoms. The molecule has 0 amide bonds. The van der Waals surface area contributed by atoms with Gasteiger partial charge in [-0.05, 0) is 56.0 Å². The highest BCUT2D eigenvalue weighted by Gasteiger charge is 2.26. The molecule has 2 saturated heterocycles. The fourth-order valence-corrected chi connectivity index (χ4v) is 4.80. The standard InChI is InChI=1S/C24H30N6O/c1-31-20-8-6-18(7-9-20)16-29-12-4-5-19(17-29)23-21(15-26-28-23)22-10-11-25-24(27-22)30-13-2-3-14-30/h6-11,15,19H,2-5,12-14,16-17H2,1H3,(H,26,28)/t19-/m0/s1.